The molecule has 0 fully saturated rings. The quantitative estimate of drug-likeness (QED) is 0.456. The van der Waals surface area contributed by atoms with E-state index in [2.05, 4.69) is 4.98 Å². The van der Waals surface area contributed by atoms with Gasteiger partial charge in [0.05, 0.1) is 30.2 Å². The van der Waals surface area contributed by atoms with Crippen LogP contribution in [0.4, 0.5) is 0 Å². The van der Waals surface area contributed by atoms with Gasteiger partial charge >= 0.3 is 0 Å². The van der Waals surface area contributed by atoms with Crippen molar-refractivity contribution in [3.05, 3.63) is 88.7 Å². The number of ether oxygens (including phenoxy) is 2. The Morgan fingerprint density at radius 3 is 1.83 bits per heavy atom. The van der Waals surface area contributed by atoms with Crippen LogP contribution in [0.25, 0.3) is 0 Å². The first-order valence-corrected chi connectivity index (χ1v) is 11.2. The molecule has 2 aromatic carbocycles. The van der Waals surface area contributed by atoms with Crippen LogP contribution in [0.2, 0.25) is 5.02 Å². The number of halogens is 1. The predicted octanol–water partition coefficient (Wildman–Crippen LogP) is 4.66. The van der Waals surface area contributed by atoms with Crippen molar-refractivity contribution in [2.24, 2.45) is 0 Å². The van der Waals surface area contributed by atoms with Crippen molar-refractivity contribution < 1.29 is 13.7 Å². The molecular weight excluding hydrogens is 420 g/mol. The average Bonchev–Trinajstić information content (AvgIpc) is 2.79. The Kier molecular flexibility index (Phi) is 8.25. The summed E-state index contributed by atoms with van der Waals surface area (Å²) >= 11 is 5.90. The zero-order valence-electron chi connectivity index (χ0n) is 17.1. The second kappa shape index (κ2) is 11.1. The lowest BCUT2D eigenvalue weighted by atomic mass is 10.2. The van der Waals surface area contributed by atoms with E-state index in [1.54, 1.807) is 26.5 Å². The van der Waals surface area contributed by atoms with Crippen molar-refractivity contribution in [3.63, 3.8) is 0 Å². The van der Waals surface area contributed by atoms with Crippen molar-refractivity contribution in [3.8, 4) is 11.5 Å². The van der Waals surface area contributed by atoms with Gasteiger partial charge in [-0.15, -0.1) is 0 Å². The van der Waals surface area contributed by atoms with Gasteiger partial charge in [0.2, 0.25) is 0 Å². The lowest BCUT2D eigenvalue weighted by Crippen LogP contribution is -2.28. The highest BCUT2D eigenvalue weighted by Crippen LogP contribution is 2.18. The summed E-state index contributed by atoms with van der Waals surface area (Å²) in [5, 5.41) is 0.598. The summed E-state index contributed by atoms with van der Waals surface area (Å²) < 4.78 is 25.6. The smallest absolute Gasteiger partial charge is 0.118 e. The van der Waals surface area contributed by atoms with Gasteiger partial charge in [-0.25, -0.2) is 8.51 Å². The molecule has 158 valence electrons. The van der Waals surface area contributed by atoms with Gasteiger partial charge in [-0.2, -0.15) is 0 Å². The monoisotopic (exact) mass is 444 g/mol. The highest BCUT2D eigenvalue weighted by Gasteiger charge is 2.15. The molecule has 0 bridgehead atoms. The summed E-state index contributed by atoms with van der Waals surface area (Å²) in [4.78, 5) is 4.30. The minimum absolute atomic E-state index is 0.487. The number of hydrogen-bond donors (Lipinski definition) is 0. The van der Waals surface area contributed by atoms with Crippen LogP contribution in [-0.2, 0) is 30.5 Å². The minimum Gasteiger partial charge on any atom is -0.497 e. The van der Waals surface area contributed by atoms with Crippen LogP contribution in [-0.4, -0.2) is 33.5 Å². The molecule has 0 aliphatic heterocycles. The highest BCUT2D eigenvalue weighted by molar-refractivity contribution is 7.82. The number of pyridine rings is 1. The first-order chi connectivity index (χ1) is 14.6. The molecule has 1 heterocycles. The van der Waals surface area contributed by atoms with E-state index in [1.807, 2.05) is 58.9 Å². The fourth-order valence-corrected chi connectivity index (χ4v) is 4.28. The summed E-state index contributed by atoms with van der Waals surface area (Å²) in [7, 11) is 2.11. The maximum Gasteiger partial charge on any atom is 0.118 e. The Bertz CT molecular complexity index is 898. The fourth-order valence-electron chi connectivity index (χ4n) is 2.94. The summed E-state index contributed by atoms with van der Waals surface area (Å²) in [5.41, 5.74) is 3.02. The molecule has 3 aromatic rings. The van der Waals surface area contributed by atoms with Crippen LogP contribution in [0.15, 0.2) is 66.9 Å². The molecule has 1 aromatic heterocycles. The summed E-state index contributed by atoms with van der Waals surface area (Å²) in [6.45, 7) is 1.13. The Morgan fingerprint density at radius 1 is 0.867 bits per heavy atom. The molecular formula is C23H25ClN2O3S. The third-order valence-corrected chi connectivity index (χ3v) is 6.26. The van der Waals surface area contributed by atoms with Crippen molar-refractivity contribution >= 4 is 22.6 Å². The number of rotatable bonds is 10. The number of methoxy groups -OCH3 is 2. The van der Waals surface area contributed by atoms with Crippen molar-refractivity contribution in [1.29, 1.82) is 0 Å². The molecule has 0 spiro atoms. The topological polar surface area (TPSA) is 51.7 Å². The Hall–Kier alpha value is -2.41. The van der Waals surface area contributed by atoms with E-state index in [0.717, 1.165) is 28.3 Å². The molecule has 0 saturated heterocycles. The van der Waals surface area contributed by atoms with Crippen molar-refractivity contribution in [1.82, 2.24) is 9.29 Å². The Labute approximate surface area is 185 Å². The standard InChI is InChI=1S/C23H25ClN2O3S/c1-28-22-9-3-18(4-10-22)16-26(17-19-5-11-23(29-2)12-6-19)30(27)14-13-21-8-7-20(24)15-25-21/h3-12,15H,13-14,16-17H2,1-2H3. The number of nitrogens with zero attached hydrogens (tertiary/aromatic N) is 2. The predicted molar refractivity (Wildman–Crippen MR) is 121 cm³/mol. The lowest BCUT2D eigenvalue weighted by molar-refractivity contribution is 0.411. The molecule has 0 amide bonds. The molecule has 1 unspecified atom stereocenters. The fraction of sp³-hybridized carbons (Fsp3) is 0.261. The van der Waals surface area contributed by atoms with Crippen LogP contribution in [0.3, 0.4) is 0 Å². The molecule has 30 heavy (non-hydrogen) atoms. The van der Waals surface area contributed by atoms with E-state index in [9.17, 15) is 4.21 Å². The van der Waals surface area contributed by atoms with Gasteiger partial charge in [0, 0.05) is 37.2 Å². The van der Waals surface area contributed by atoms with Crippen LogP contribution in [0.5, 0.6) is 11.5 Å². The lowest BCUT2D eigenvalue weighted by Gasteiger charge is -2.22. The zero-order valence-corrected chi connectivity index (χ0v) is 18.7. The normalized spacial score (nSPS) is 12.0. The largest absolute Gasteiger partial charge is 0.497 e. The molecule has 0 radical (unpaired) electrons. The number of aromatic nitrogens is 1. The van der Waals surface area contributed by atoms with Gasteiger partial charge < -0.3 is 9.47 Å². The summed E-state index contributed by atoms with van der Waals surface area (Å²) in [6.07, 6.45) is 2.23. The van der Waals surface area contributed by atoms with Gasteiger partial charge in [0.1, 0.15) is 11.5 Å². The average molecular weight is 445 g/mol. The van der Waals surface area contributed by atoms with Crippen molar-refractivity contribution in [2.45, 2.75) is 19.5 Å². The third kappa shape index (κ3) is 6.55. The highest BCUT2D eigenvalue weighted by atomic mass is 35.5. The zero-order chi connectivity index (χ0) is 21.3. The third-order valence-electron chi connectivity index (χ3n) is 4.65. The molecule has 0 aliphatic carbocycles. The molecule has 5 nitrogen and oxygen atoms in total. The van der Waals surface area contributed by atoms with E-state index in [0.29, 0.717) is 30.3 Å². The number of hydrogen-bond acceptors (Lipinski definition) is 4. The first-order valence-electron chi connectivity index (χ1n) is 9.57. The van der Waals surface area contributed by atoms with Gasteiger partial charge in [0.15, 0.2) is 0 Å². The number of aryl methyl sites for hydroxylation is 1. The van der Waals surface area contributed by atoms with Crippen molar-refractivity contribution in [2.75, 3.05) is 20.0 Å². The van der Waals surface area contributed by atoms with Gasteiger partial charge in [0.25, 0.3) is 0 Å². The van der Waals surface area contributed by atoms with E-state index in [1.165, 1.54) is 0 Å². The van der Waals surface area contributed by atoms with E-state index >= 15 is 0 Å². The molecule has 0 saturated carbocycles. The Morgan fingerprint density at radius 2 is 1.40 bits per heavy atom. The molecule has 0 N–H and O–H groups in total. The van der Waals surface area contributed by atoms with Crippen LogP contribution < -0.4 is 9.47 Å². The molecule has 0 aliphatic rings. The minimum atomic E-state index is -1.18. The van der Waals surface area contributed by atoms with Crippen LogP contribution >= 0.6 is 11.6 Å². The van der Waals surface area contributed by atoms with E-state index < -0.39 is 11.0 Å². The van der Waals surface area contributed by atoms with E-state index in [-0.39, 0.29) is 0 Å². The second-order valence-electron chi connectivity index (χ2n) is 6.74. The van der Waals surface area contributed by atoms with Gasteiger partial charge in [-0.05, 0) is 47.5 Å². The molecule has 1 atom stereocenters. The second-order valence-corrected chi connectivity index (χ2v) is 8.74. The Balaban J connectivity index is 1.72. The first kappa shape index (κ1) is 22.3. The van der Waals surface area contributed by atoms with E-state index in [4.69, 9.17) is 21.1 Å². The molecule has 3 rings (SSSR count). The molecule has 7 heteroatoms. The maximum atomic E-state index is 13.2. The number of benzene rings is 2. The van der Waals surface area contributed by atoms with Crippen LogP contribution in [0, 0.1) is 0 Å². The summed E-state index contributed by atoms with van der Waals surface area (Å²) in [5.74, 6) is 2.09. The van der Waals surface area contributed by atoms with Gasteiger partial charge in [-0.3, -0.25) is 4.98 Å². The van der Waals surface area contributed by atoms with Gasteiger partial charge in [-0.1, -0.05) is 35.9 Å². The van der Waals surface area contributed by atoms with Crippen LogP contribution in [0.1, 0.15) is 16.8 Å². The maximum absolute atomic E-state index is 13.2. The summed E-state index contributed by atoms with van der Waals surface area (Å²) in [6, 6.07) is 19.3. The SMILES string of the molecule is COc1ccc(CN(Cc2ccc(OC)cc2)S(=O)CCc2ccc(Cl)cn2)cc1.